The maximum atomic E-state index is 12.1. The van der Waals surface area contributed by atoms with Crippen molar-refractivity contribution in [2.75, 3.05) is 5.32 Å². The SMILES string of the molecule is CC(Oc1ccc(Cl)cc1)C(=O)Nc1ccccc1C#N. The summed E-state index contributed by atoms with van der Waals surface area (Å²) in [5, 5.41) is 12.3. The van der Waals surface area contributed by atoms with Gasteiger partial charge in [-0.2, -0.15) is 5.26 Å². The molecule has 21 heavy (non-hydrogen) atoms. The fraction of sp³-hybridized carbons (Fsp3) is 0.125. The minimum Gasteiger partial charge on any atom is -0.481 e. The van der Waals surface area contributed by atoms with Crippen LogP contribution in [-0.4, -0.2) is 12.0 Å². The van der Waals surface area contributed by atoms with Gasteiger partial charge < -0.3 is 10.1 Å². The van der Waals surface area contributed by atoms with Crippen molar-refractivity contribution in [1.82, 2.24) is 0 Å². The van der Waals surface area contributed by atoms with Gasteiger partial charge in [-0.05, 0) is 43.3 Å². The second kappa shape index (κ2) is 6.78. The van der Waals surface area contributed by atoms with Crippen molar-refractivity contribution in [3.8, 4) is 11.8 Å². The molecule has 1 amide bonds. The van der Waals surface area contributed by atoms with Crippen molar-refractivity contribution >= 4 is 23.2 Å². The summed E-state index contributed by atoms with van der Waals surface area (Å²) in [5.74, 6) is 0.225. The molecule has 1 N–H and O–H groups in total. The number of carbonyl (C=O) groups excluding carboxylic acids is 1. The van der Waals surface area contributed by atoms with Gasteiger partial charge in [-0.3, -0.25) is 4.79 Å². The highest BCUT2D eigenvalue weighted by Crippen LogP contribution is 2.18. The standard InChI is InChI=1S/C16H13ClN2O2/c1-11(21-14-8-6-13(17)7-9-14)16(20)19-15-5-3-2-4-12(15)10-18/h2-9,11H,1H3,(H,19,20). The van der Waals surface area contributed by atoms with Gasteiger partial charge in [-0.15, -0.1) is 0 Å². The van der Waals surface area contributed by atoms with Gasteiger partial charge in [0, 0.05) is 5.02 Å². The number of nitriles is 1. The van der Waals surface area contributed by atoms with Crippen molar-refractivity contribution < 1.29 is 9.53 Å². The predicted octanol–water partition coefficient (Wildman–Crippen LogP) is 3.62. The molecular weight excluding hydrogens is 288 g/mol. The number of carbonyl (C=O) groups is 1. The summed E-state index contributed by atoms with van der Waals surface area (Å²) in [4.78, 5) is 12.1. The lowest BCUT2D eigenvalue weighted by molar-refractivity contribution is -0.122. The van der Waals surface area contributed by atoms with Gasteiger partial charge in [0.1, 0.15) is 11.8 Å². The third kappa shape index (κ3) is 3.98. The second-order valence-corrected chi connectivity index (χ2v) is 4.80. The molecule has 5 heteroatoms. The van der Waals surface area contributed by atoms with Crippen molar-refractivity contribution in [1.29, 1.82) is 5.26 Å². The molecule has 0 radical (unpaired) electrons. The van der Waals surface area contributed by atoms with E-state index in [1.54, 1.807) is 55.5 Å². The Labute approximate surface area is 127 Å². The maximum Gasteiger partial charge on any atom is 0.265 e. The number of hydrogen-bond donors (Lipinski definition) is 1. The van der Waals surface area contributed by atoms with Crippen LogP contribution in [0.3, 0.4) is 0 Å². The number of amides is 1. The summed E-state index contributed by atoms with van der Waals surface area (Å²) in [5.41, 5.74) is 0.876. The van der Waals surface area contributed by atoms with Crippen molar-refractivity contribution in [2.24, 2.45) is 0 Å². The summed E-state index contributed by atoms with van der Waals surface area (Å²) in [6.45, 7) is 1.64. The summed E-state index contributed by atoms with van der Waals surface area (Å²) >= 11 is 5.79. The highest BCUT2D eigenvalue weighted by molar-refractivity contribution is 6.30. The molecule has 0 aliphatic carbocycles. The van der Waals surface area contributed by atoms with Gasteiger partial charge in [0.05, 0.1) is 11.3 Å². The quantitative estimate of drug-likeness (QED) is 0.938. The molecule has 0 aliphatic rings. The fourth-order valence-corrected chi connectivity index (χ4v) is 1.82. The van der Waals surface area contributed by atoms with Crippen LogP contribution < -0.4 is 10.1 Å². The van der Waals surface area contributed by atoms with E-state index in [9.17, 15) is 4.79 Å². The largest absolute Gasteiger partial charge is 0.481 e. The lowest BCUT2D eigenvalue weighted by Gasteiger charge is -2.15. The molecule has 0 spiro atoms. The van der Waals surface area contributed by atoms with Crippen LogP contribution in [0.1, 0.15) is 12.5 Å². The number of hydrogen-bond acceptors (Lipinski definition) is 3. The number of halogens is 1. The number of nitrogens with one attached hydrogen (secondary N) is 1. The van der Waals surface area contributed by atoms with Crippen molar-refractivity contribution in [3.63, 3.8) is 0 Å². The minimum absolute atomic E-state index is 0.326. The molecule has 1 unspecified atom stereocenters. The van der Waals surface area contributed by atoms with Crippen LogP contribution in [-0.2, 0) is 4.79 Å². The van der Waals surface area contributed by atoms with Crippen LogP contribution in [0.25, 0.3) is 0 Å². The Balaban J connectivity index is 2.03. The van der Waals surface area contributed by atoms with Crippen molar-refractivity contribution in [3.05, 3.63) is 59.1 Å². The Bertz CT molecular complexity index is 677. The average Bonchev–Trinajstić information content (AvgIpc) is 2.50. The molecule has 2 aromatic rings. The Kier molecular flexibility index (Phi) is 4.81. The smallest absolute Gasteiger partial charge is 0.265 e. The highest BCUT2D eigenvalue weighted by Gasteiger charge is 2.16. The predicted molar refractivity (Wildman–Crippen MR) is 81.3 cm³/mol. The van der Waals surface area contributed by atoms with Gasteiger partial charge in [-0.25, -0.2) is 0 Å². The van der Waals surface area contributed by atoms with E-state index in [1.165, 1.54) is 0 Å². The summed E-state index contributed by atoms with van der Waals surface area (Å²) in [7, 11) is 0. The highest BCUT2D eigenvalue weighted by atomic mass is 35.5. The number of nitrogens with zero attached hydrogens (tertiary/aromatic N) is 1. The number of ether oxygens (including phenoxy) is 1. The Morgan fingerprint density at radius 2 is 1.90 bits per heavy atom. The Morgan fingerprint density at radius 1 is 1.24 bits per heavy atom. The van der Waals surface area contributed by atoms with Crippen LogP contribution in [0.4, 0.5) is 5.69 Å². The molecule has 0 heterocycles. The van der Waals surface area contributed by atoms with E-state index in [0.717, 1.165) is 0 Å². The third-order valence-electron chi connectivity index (χ3n) is 2.80. The van der Waals surface area contributed by atoms with Crippen LogP contribution in [0.2, 0.25) is 5.02 Å². The van der Waals surface area contributed by atoms with Gasteiger partial charge >= 0.3 is 0 Å². The van der Waals surface area contributed by atoms with Crippen LogP contribution >= 0.6 is 11.6 Å². The Hall–Kier alpha value is -2.51. The first kappa shape index (κ1) is 14.9. The topological polar surface area (TPSA) is 62.1 Å². The van der Waals surface area contributed by atoms with Crippen LogP contribution in [0.5, 0.6) is 5.75 Å². The van der Waals surface area contributed by atoms with E-state index in [-0.39, 0.29) is 5.91 Å². The lowest BCUT2D eigenvalue weighted by Crippen LogP contribution is -2.30. The second-order valence-electron chi connectivity index (χ2n) is 4.36. The molecule has 4 nitrogen and oxygen atoms in total. The van der Waals surface area contributed by atoms with E-state index in [2.05, 4.69) is 5.32 Å². The molecule has 0 aromatic heterocycles. The summed E-state index contributed by atoms with van der Waals surface area (Å²) in [6.07, 6.45) is -0.696. The van der Waals surface area contributed by atoms with Crippen molar-refractivity contribution in [2.45, 2.75) is 13.0 Å². The van der Waals surface area contributed by atoms with E-state index in [4.69, 9.17) is 21.6 Å². The fourth-order valence-electron chi connectivity index (χ4n) is 1.69. The zero-order chi connectivity index (χ0) is 15.2. The maximum absolute atomic E-state index is 12.1. The number of anilines is 1. The summed E-state index contributed by atoms with van der Waals surface area (Å²) < 4.78 is 5.52. The summed E-state index contributed by atoms with van der Waals surface area (Å²) in [6, 6.07) is 15.6. The van der Waals surface area contributed by atoms with Gasteiger partial charge in [0.15, 0.2) is 6.10 Å². The molecule has 106 valence electrons. The van der Waals surface area contributed by atoms with Crippen LogP contribution in [0, 0.1) is 11.3 Å². The first-order valence-corrected chi connectivity index (χ1v) is 6.70. The number of para-hydroxylation sites is 1. The monoisotopic (exact) mass is 300 g/mol. The first-order valence-electron chi connectivity index (χ1n) is 6.32. The minimum atomic E-state index is -0.696. The molecule has 0 saturated heterocycles. The van der Waals surface area contributed by atoms with E-state index in [0.29, 0.717) is 22.0 Å². The van der Waals surface area contributed by atoms with Gasteiger partial charge in [0.2, 0.25) is 0 Å². The molecule has 2 rings (SSSR count). The molecule has 0 aliphatic heterocycles. The van der Waals surface area contributed by atoms with Gasteiger partial charge in [0.25, 0.3) is 5.91 Å². The zero-order valence-corrected chi connectivity index (χ0v) is 12.1. The molecule has 0 bridgehead atoms. The molecular formula is C16H13ClN2O2. The van der Waals surface area contributed by atoms with Crippen LogP contribution in [0.15, 0.2) is 48.5 Å². The first-order chi connectivity index (χ1) is 10.1. The van der Waals surface area contributed by atoms with Gasteiger partial charge in [-0.1, -0.05) is 23.7 Å². The molecule has 0 fully saturated rings. The molecule has 0 saturated carbocycles. The van der Waals surface area contributed by atoms with E-state index in [1.807, 2.05) is 6.07 Å². The Morgan fingerprint density at radius 3 is 2.57 bits per heavy atom. The molecule has 1 atom stereocenters. The number of rotatable bonds is 4. The van der Waals surface area contributed by atoms with E-state index < -0.39 is 6.10 Å². The number of benzene rings is 2. The third-order valence-corrected chi connectivity index (χ3v) is 3.05. The molecule has 2 aromatic carbocycles. The normalized spacial score (nSPS) is 11.3. The van der Waals surface area contributed by atoms with E-state index >= 15 is 0 Å². The average molecular weight is 301 g/mol. The zero-order valence-electron chi connectivity index (χ0n) is 11.3. The lowest BCUT2D eigenvalue weighted by atomic mass is 10.2.